The Balaban J connectivity index is 2.67. The monoisotopic (exact) mass is 182 g/mol. The van der Waals surface area contributed by atoms with Crippen molar-refractivity contribution in [3.8, 4) is 0 Å². The van der Waals surface area contributed by atoms with Gasteiger partial charge in [0.2, 0.25) is 0 Å². The van der Waals surface area contributed by atoms with Crippen molar-refractivity contribution in [2.24, 2.45) is 0 Å². The lowest BCUT2D eigenvalue weighted by Crippen LogP contribution is -2.54. The standard InChI is InChI=1S/C6H11ClO4/c7-6(11)2-1-3(8)4(9)5(6)10/h3-5,8-11H,1-2H2. The third-order valence-corrected chi connectivity index (χ3v) is 2.37. The van der Waals surface area contributed by atoms with Crippen LogP contribution >= 0.6 is 11.6 Å². The second-order valence-corrected chi connectivity index (χ2v) is 3.51. The van der Waals surface area contributed by atoms with Crippen molar-refractivity contribution >= 4 is 11.6 Å². The molecule has 1 fully saturated rings. The second kappa shape index (κ2) is 2.88. The molecule has 0 heterocycles. The number of aliphatic hydroxyl groups is 4. The molecule has 0 saturated heterocycles. The van der Waals surface area contributed by atoms with Gasteiger partial charge in [-0.25, -0.2) is 0 Å². The highest BCUT2D eigenvalue weighted by Crippen LogP contribution is 2.32. The Morgan fingerprint density at radius 3 is 2.27 bits per heavy atom. The molecule has 1 aliphatic carbocycles. The summed E-state index contributed by atoms with van der Waals surface area (Å²) in [7, 11) is 0. The maximum atomic E-state index is 9.18. The van der Waals surface area contributed by atoms with E-state index in [2.05, 4.69) is 0 Å². The van der Waals surface area contributed by atoms with Gasteiger partial charge >= 0.3 is 0 Å². The summed E-state index contributed by atoms with van der Waals surface area (Å²) in [5.74, 6) is 0. The van der Waals surface area contributed by atoms with Crippen LogP contribution in [-0.4, -0.2) is 43.8 Å². The van der Waals surface area contributed by atoms with Gasteiger partial charge in [0, 0.05) is 0 Å². The van der Waals surface area contributed by atoms with E-state index in [0.29, 0.717) is 0 Å². The molecule has 0 spiro atoms. The highest BCUT2D eigenvalue weighted by Gasteiger charge is 2.45. The van der Waals surface area contributed by atoms with E-state index in [9.17, 15) is 5.11 Å². The SMILES string of the molecule is OC1CCC(O)(Cl)C(O)C1O. The lowest BCUT2D eigenvalue weighted by Gasteiger charge is -2.37. The minimum Gasteiger partial charge on any atom is -0.390 e. The first kappa shape index (κ1) is 9.22. The minimum atomic E-state index is -1.79. The van der Waals surface area contributed by atoms with E-state index in [1.165, 1.54) is 0 Å². The maximum Gasteiger partial charge on any atom is 0.167 e. The summed E-state index contributed by atoms with van der Waals surface area (Å²) < 4.78 is 0. The number of hydrogen-bond donors (Lipinski definition) is 4. The Kier molecular flexibility index (Phi) is 2.41. The predicted molar refractivity (Wildman–Crippen MR) is 38.1 cm³/mol. The molecule has 1 saturated carbocycles. The largest absolute Gasteiger partial charge is 0.390 e. The number of hydrogen-bond acceptors (Lipinski definition) is 4. The molecule has 0 aromatic rings. The molecular formula is C6H11ClO4. The Morgan fingerprint density at radius 1 is 1.27 bits per heavy atom. The summed E-state index contributed by atoms with van der Waals surface area (Å²) in [6, 6.07) is 0. The average molecular weight is 183 g/mol. The van der Waals surface area contributed by atoms with E-state index in [0.717, 1.165) is 0 Å². The lowest BCUT2D eigenvalue weighted by molar-refractivity contribution is -0.151. The minimum absolute atomic E-state index is 0.0773. The quantitative estimate of drug-likeness (QED) is 0.355. The topological polar surface area (TPSA) is 80.9 Å². The van der Waals surface area contributed by atoms with Crippen LogP contribution in [0.4, 0.5) is 0 Å². The molecule has 66 valence electrons. The fourth-order valence-electron chi connectivity index (χ4n) is 1.14. The van der Waals surface area contributed by atoms with Crippen LogP contribution in [0, 0.1) is 0 Å². The maximum absolute atomic E-state index is 9.18. The summed E-state index contributed by atoms with van der Waals surface area (Å²) in [5, 5.41) is 34.5. The van der Waals surface area contributed by atoms with Crippen LogP contribution in [-0.2, 0) is 0 Å². The van der Waals surface area contributed by atoms with Gasteiger partial charge in [0.25, 0.3) is 0 Å². The number of aliphatic hydroxyl groups excluding tert-OH is 3. The predicted octanol–water partition coefficient (Wildman–Crippen LogP) is -1.21. The summed E-state index contributed by atoms with van der Waals surface area (Å²) in [4.78, 5) is 0. The third-order valence-electron chi connectivity index (χ3n) is 1.96. The first-order chi connectivity index (χ1) is 4.95. The Morgan fingerprint density at radius 2 is 1.82 bits per heavy atom. The van der Waals surface area contributed by atoms with Crippen molar-refractivity contribution in [1.82, 2.24) is 0 Å². The van der Waals surface area contributed by atoms with Crippen molar-refractivity contribution in [1.29, 1.82) is 0 Å². The summed E-state index contributed by atoms with van der Waals surface area (Å²) >= 11 is 5.42. The van der Waals surface area contributed by atoms with Gasteiger partial charge in [-0.3, -0.25) is 0 Å². The first-order valence-electron chi connectivity index (χ1n) is 3.40. The number of rotatable bonds is 0. The Hall–Kier alpha value is 0.130. The molecule has 4 unspecified atom stereocenters. The zero-order valence-corrected chi connectivity index (χ0v) is 6.57. The van der Waals surface area contributed by atoms with Gasteiger partial charge in [0.15, 0.2) is 5.06 Å². The molecule has 0 radical (unpaired) electrons. The summed E-state index contributed by atoms with van der Waals surface area (Å²) in [5.41, 5.74) is 0. The van der Waals surface area contributed by atoms with Crippen LogP contribution in [0.5, 0.6) is 0 Å². The molecule has 5 heteroatoms. The summed E-state index contributed by atoms with van der Waals surface area (Å²) in [6.07, 6.45) is -3.56. The smallest absolute Gasteiger partial charge is 0.167 e. The van der Waals surface area contributed by atoms with Crippen LogP contribution < -0.4 is 0 Å². The fourth-order valence-corrected chi connectivity index (χ4v) is 1.38. The number of halogens is 1. The lowest BCUT2D eigenvalue weighted by atomic mass is 9.89. The Bertz CT molecular complexity index is 150. The average Bonchev–Trinajstić information content (AvgIpc) is 1.95. The van der Waals surface area contributed by atoms with Gasteiger partial charge in [-0.2, -0.15) is 0 Å². The second-order valence-electron chi connectivity index (χ2n) is 2.86. The molecule has 0 aromatic carbocycles. The van der Waals surface area contributed by atoms with E-state index in [1.54, 1.807) is 0 Å². The van der Waals surface area contributed by atoms with Crippen LogP contribution in [0.25, 0.3) is 0 Å². The molecule has 0 aliphatic heterocycles. The molecular weight excluding hydrogens is 172 g/mol. The molecule has 0 aromatic heterocycles. The van der Waals surface area contributed by atoms with Crippen molar-refractivity contribution < 1.29 is 20.4 Å². The van der Waals surface area contributed by atoms with Gasteiger partial charge in [0.1, 0.15) is 12.2 Å². The van der Waals surface area contributed by atoms with Crippen molar-refractivity contribution in [2.45, 2.75) is 36.2 Å². The first-order valence-corrected chi connectivity index (χ1v) is 3.78. The van der Waals surface area contributed by atoms with Crippen molar-refractivity contribution in [2.75, 3.05) is 0 Å². The zero-order chi connectivity index (χ0) is 8.65. The highest BCUT2D eigenvalue weighted by atomic mass is 35.5. The molecule has 4 N–H and O–H groups in total. The summed E-state index contributed by atoms with van der Waals surface area (Å²) in [6.45, 7) is 0. The highest BCUT2D eigenvalue weighted by molar-refractivity contribution is 6.23. The number of alkyl halides is 1. The van der Waals surface area contributed by atoms with E-state index in [-0.39, 0.29) is 12.8 Å². The van der Waals surface area contributed by atoms with Crippen molar-refractivity contribution in [3.05, 3.63) is 0 Å². The van der Waals surface area contributed by atoms with E-state index in [4.69, 9.17) is 26.9 Å². The van der Waals surface area contributed by atoms with Gasteiger partial charge in [-0.1, -0.05) is 11.6 Å². The Labute approximate surface area is 69.0 Å². The molecule has 11 heavy (non-hydrogen) atoms. The van der Waals surface area contributed by atoms with E-state index in [1.807, 2.05) is 0 Å². The van der Waals surface area contributed by atoms with Gasteiger partial charge in [-0.15, -0.1) is 0 Å². The van der Waals surface area contributed by atoms with Crippen LogP contribution in [0.3, 0.4) is 0 Å². The van der Waals surface area contributed by atoms with Crippen LogP contribution in [0.2, 0.25) is 0 Å². The van der Waals surface area contributed by atoms with Gasteiger partial charge in [0.05, 0.1) is 6.10 Å². The zero-order valence-electron chi connectivity index (χ0n) is 5.81. The van der Waals surface area contributed by atoms with E-state index >= 15 is 0 Å². The van der Waals surface area contributed by atoms with Gasteiger partial charge < -0.3 is 20.4 Å². The van der Waals surface area contributed by atoms with Gasteiger partial charge in [-0.05, 0) is 12.8 Å². The van der Waals surface area contributed by atoms with E-state index < -0.39 is 23.4 Å². The normalized spacial score (nSPS) is 52.6. The fraction of sp³-hybridized carbons (Fsp3) is 1.00. The molecule has 0 bridgehead atoms. The van der Waals surface area contributed by atoms with Crippen molar-refractivity contribution in [3.63, 3.8) is 0 Å². The van der Waals surface area contributed by atoms with Crippen LogP contribution in [0.1, 0.15) is 12.8 Å². The molecule has 4 nitrogen and oxygen atoms in total. The molecule has 4 atom stereocenters. The molecule has 1 rings (SSSR count). The third kappa shape index (κ3) is 1.65. The molecule has 1 aliphatic rings. The molecule has 0 amide bonds. The van der Waals surface area contributed by atoms with Crippen LogP contribution in [0.15, 0.2) is 0 Å².